The molecule has 10 nitrogen and oxygen atoms in total. The summed E-state index contributed by atoms with van der Waals surface area (Å²) in [6.45, 7) is -1.31. The molecule has 3 aromatic carbocycles. The SMILES string of the molecule is CS(=O)(=O)/C=C/CNC(=O)CN1C(=O)[C@@H](COC(=O)Nc2ccc(Cl)cc2C(F)(F)F)N=C(c2ccccc2)c2ccccc21. The van der Waals surface area contributed by atoms with E-state index in [1.54, 1.807) is 54.6 Å². The second-order valence-corrected chi connectivity index (χ2v) is 12.1. The molecule has 0 aromatic heterocycles. The number of fused-ring (bicyclic) bond motifs is 1. The van der Waals surface area contributed by atoms with Crippen LogP contribution in [0.4, 0.5) is 29.3 Å². The van der Waals surface area contributed by atoms with E-state index in [9.17, 15) is 36.0 Å². The molecular formula is C30H26ClF3N4O6S. The van der Waals surface area contributed by atoms with Gasteiger partial charge in [-0.2, -0.15) is 13.2 Å². The summed E-state index contributed by atoms with van der Waals surface area (Å²) in [5.41, 5.74) is -0.0151. The molecule has 3 amide bonds. The molecule has 45 heavy (non-hydrogen) atoms. The van der Waals surface area contributed by atoms with Gasteiger partial charge in [-0.05, 0) is 24.3 Å². The lowest BCUT2D eigenvalue weighted by Gasteiger charge is -2.24. The van der Waals surface area contributed by atoms with Crippen LogP contribution in [0.25, 0.3) is 0 Å². The minimum atomic E-state index is -4.83. The first kappa shape index (κ1) is 33.2. The van der Waals surface area contributed by atoms with Crippen LogP contribution in [-0.4, -0.2) is 64.0 Å². The zero-order chi connectivity index (χ0) is 32.8. The first-order chi connectivity index (χ1) is 21.2. The second kappa shape index (κ2) is 13.9. The molecule has 1 aliphatic rings. The summed E-state index contributed by atoms with van der Waals surface area (Å²) in [6, 6.07) is 16.9. The fourth-order valence-electron chi connectivity index (χ4n) is 4.34. The standard InChI is InChI=1S/C30H26ClF3N4O6S/c1-45(42,43)15-7-14-35-26(39)17-38-25-11-6-5-10-21(25)27(19-8-3-2-4-9-19)36-24(28(38)40)18-44-29(41)37-23-13-12-20(31)16-22(23)30(32,33)34/h2-13,15-16,24H,14,17-18H2,1H3,(H,35,39)(H,37,41)/b15-7+/t24-/m1/s1. The lowest BCUT2D eigenvalue weighted by atomic mass is 10.0. The first-order valence-corrected chi connectivity index (χ1v) is 15.5. The molecule has 236 valence electrons. The van der Waals surface area contributed by atoms with Crippen molar-refractivity contribution in [3.05, 3.63) is 106 Å². The Morgan fingerprint density at radius 2 is 1.76 bits per heavy atom. The Bertz CT molecular complexity index is 1760. The van der Waals surface area contributed by atoms with Crippen molar-refractivity contribution >= 4 is 56.4 Å². The molecule has 0 spiro atoms. The van der Waals surface area contributed by atoms with E-state index in [2.05, 4.69) is 10.3 Å². The molecule has 0 unspecified atom stereocenters. The summed E-state index contributed by atoms with van der Waals surface area (Å²) >= 11 is 5.70. The van der Waals surface area contributed by atoms with Gasteiger partial charge >= 0.3 is 12.3 Å². The number of para-hydroxylation sites is 1. The maximum atomic E-state index is 13.8. The molecule has 3 aromatic rings. The molecule has 1 aliphatic heterocycles. The van der Waals surface area contributed by atoms with Gasteiger partial charge in [-0.25, -0.2) is 13.2 Å². The van der Waals surface area contributed by atoms with Crippen LogP contribution in [0.5, 0.6) is 0 Å². The van der Waals surface area contributed by atoms with Crippen LogP contribution >= 0.6 is 11.6 Å². The van der Waals surface area contributed by atoms with Gasteiger partial charge in [-0.3, -0.25) is 19.9 Å². The Hall–Kier alpha value is -4.69. The van der Waals surface area contributed by atoms with Crippen molar-refractivity contribution in [3.63, 3.8) is 0 Å². The Balaban J connectivity index is 1.62. The van der Waals surface area contributed by atoms with E-state index in [0.29, 0.717) is 28.6 Å². The van der Waals surface area contributed by atoms with Gasteiger partial charge in [0.2, 0.25) is 5.91 Å². The van der Waals surface area contributed by atoms with Gasteiger partial charge in [0, 0.05) is 34.4 Å². The van der Waals surface area contributed by atoms with Gasteiger partial charge in [0.1, 0.15) is 13.2 Å². The minimum Gasteiger partial charge on any atom is -0.446 e. The highest BCUT2D eigenvalue weighted by Gasteiger charge is 2.36. The highest BCUT2D eigenvalue weighted by Crippen LogP contribution is 2.36. The molecule has 0 radical (unpaired) electrons. The number of hydrogen-bond donors (Lipinski definition) is 2. The summed E-state index contributed by atoms with van der Waals surface area (Å²) in [6.07, 6.45) is -3.87. The third-order valence-corrected chi connectivity index (χ3v) is 7.21. The van der Waals surface area contributed by atoms with Crippen molar-refractivity contribution in [1.29, 1.82) is 0 Å². The third kappa shape index (κ3) is 8.92. The zero-order valence-electron chi connectivity index (χ0n) is 23.5. The van der Waals surface area contributed by atoms with Crippen molar-refractivity contribution in [2.45, 2.75) is 12.2 Å². The number of nitrogens with one attached hydrogen (secondary N) is 2. The smallest absolute Gasteiger partial charge is 0.418 e. The highest BCUT2D eigenvalue weighted by molar-refractivity contribution is 7.93. The van der Waals surface area contributed by atoms with Crippen molar-refractivity contribution in [2.24, 2.45) is 4.99 Å². The number of ether oxygens (including phenoxy) is 1. The van der Waals surface area contributed by atoms with Gasteiger partial charge < -0.3 is 15.0 Å². The summed E-state index contributed by atoms with van der Waals surface area (Å²) in [5, 5.41) is 5.28. The zero-order valence-corrected chi connectivity index (χ0v) is 25.1. The molecule has 0 fully saturated rings. The van der Waals surface area contributed by atoms with E-state index in [0.717, 1.165) is 28.7 Å². The number of anilines is 2. The summed E-state index contributed by atoms with van der Waals surface area (Å²) in [4.78, 5) is 45.1. The molecule has 0 saturated heterocycles. The van der Waals surface area contributed by atoms with Gasteiger partial charge in [0.05, 0.1) is 22.6 Å². The Kier molecular flexibility index (Phi) is 10.3. The van der Waals surface area contributed by atoms with Gasteiger partial charge in [0.25, 0.3) is 5.91 Å². The van der Waals surface area contributed by atoms with Crippen LogP contribution in [0.15, 0.2) is 89.3 Å². The lowest BCUT2D eigenvalue weighted by molar-refractivity contribution is -0.137. The molecule has 0 bridgehead atoms. The van der Waals surface area contributed by atoms with Crippen LogP contribution in [-0.2, 0) is 30.3 Å². The molecule has 2 N–H and O–H groups in total. The van der Waals surface area contributed by atoms with Gasteiger partial charge in [-0.1, -0.05) is 66.2 Å². The summed E-state index contributed by atoms with van der Waals surface area (Å²) < 4.78 is 68.3. The molecule has 1 heterocycles. The maximum absolute atomic E-state index is 13.8. The van der Waals surface area contributed by atoms with Crippen LogP contribution in [0.1, 0.15) is 16.7 Å². The normalized spacial score (nSPS) is 15.2. The average Bonchev–Trinajstić information content (AvgIpc) is 3.09. The molecular weight excluding hydrogens is 637 g/mol. The number of halogens is 4. The molecule has 0 aliphatic carbocycles. The Morgan fingerprint density at radius 1 is 1.07 bits per heavy atom. The second-order valence-electron chi connectivity index (χ2n) is 9.72. The van der Waals surface area contributed by atoms with Crippen molar-refractivity contribution in [3.8, 4) is 0 Å². The van der Waals surface area contributed by atoms with Crippen LogP contribution in [0.2, 0.25) is 5.02 Å². The van der Waals surface area contributed by atoms with Crippen molar-refractivity contribution in [1.82, 2.24) is 5.32 Å². The van der Waals surface area contributed by atoms with Gasteiger partial charge in [0.15, 0.2) is 15.9 Å². The number of nitrogens with zero attached hydrogens (tertiary/aromatic N) is 2. The van der Waals surface area contributed by atoms with E-state index in [-0.39, 0.29) is 11.6 Å². The van der Waals surface area contributed by atoms with E-state index in [4.69, 9.17) is 16.3 Å². The van der Waals surface area contributed by atoms with Crippen LogP contribution in [0.3, 0.4) is 0 Å². The van der Waals surface area contributed by atoms with E-state index < -0.39 is 64.4 Å². The number of alkyl halides is 3. The number of amides is 3. The quantitative estimate of drug-likeness (QED) is 0.337. The Labute approximate surface area is 261 Å². The fraction of sp³-hybridized carbons (Fsp3) is 0.200. The largest absolute Gasteiger partial charge is 0.446 e. The number of carbonyl (C=O) groups is 3. The number of aliphatic imine (C=N–C) groups is 1. The highest BCUT2D eigenvalue weighted by atomic mass is 35.5. The van der Waals surface area contributed by atoms with E-state index in [1.165, 1.54) is 6.08 Å². The summed E-state index contributed by atoms with van der Waals surface area (Å²) in [7, 11) is -3.41. The number of benzene rings is 3. The van der Waals surface area contributed by atoms with Crippen molar-refractivity contribution in [2.75, 3.05) is 36.2 Å². The predicted octanol–water partition coefficient (Wildman–Crippen LogP) is 4.83. The fourth-order valence-corrected chi connectivity index (χ4v) is 4.96. The molecule has 4 rings (SSSR count). The Morgan fingerprint density at radius 3 is 2.44 bits per heavy atom. The molecule has 1 atom stereocenters. The van der Waals surface area contributed by atoms with Crippen LogP contribution < -0.4 is 15.5 Å². The van der Waals surface area contributed by atoms with Gasteiger partial charge in [-0.15, -0.1) is 0 Å². The average molecular weight is 663 g/mol. The number of sulfone groups is 1. The van der Waals surface area contributed by atoms with E-state index in [1.807, 2.05) is 5.32 Å². The molecule has 0 saturated carbocycles. The monoisotopic (exact) mass is 662 g/mol. The summed E-state index contributed by atoms with van der Waals surface area (Å²) in [5.74, 6) is -1.36. The van der Waals surface area contributed by atoms with Crippen LogP contribution in [0, 0.1) is 0 Å². The topological polar surface area (TPSA) is 134 Å². The number of hydrogen-bond acceptors (Lipinski definition) is 7. The van der Waals surface area contributed by atoms with Crippen molar-refractivity contribution < 1.29 is 40.7 Å². The number of benzodiazepines with no additional fused rings is 1. The number of carbonyl (C=O) groups excluding carboxylic acids is 3. The maximum Gasteiger partial charge on any atom is 0.418 e. The predicted molar refractivity (Wildman–Crippen MR) is 163 cm³/mol. The van der Waals surface area contributed by atoms with E-state index >= 15 is 0 Å². The lowest BCUT2D eigenvalue weighted by Crippen LogP contribution is -2.46. The third-order valence-electron chi connectivity index (χ3n) is 6.29. The number of rotatable bonds is 9. The minimum absolute atomic E-state index is 0.126. The first-order valence-electron chi connectivity index (χ1n) is 13.2. The molecule has 15 heteroatoms.